The SMILES string of the molecule is CCN(C(C)=O)C1CCN(C(C)(C)C)C1. The molecule has 0 aliphatic carbocycles. The highest BCUT2D eigenvalue weighted by Crippen LogP contribution is 2.23. The van der Waals surface area contributed by atoms with Crippen LogP contribution in [0.3, 0.4) is 0 Å². The Morgan fingerprint density at radius 2 is 2.07 bits per heavy atom. The second kappa shape index (κ2) is 4.52. The number of likely N-dealkylation sites (tertiary alicyclic amines) is 1. The summed E-state index contributed by atoms with van der Waals surface area (Å²) in [6.07, 6.45) is 1.12. The van der Waals surface area contributed by atoms with Crippen LogP contribution in [0.1, 0.15) is 41.0 Å². The van der Waals surface area contributed by atoms with Gasteiger partial charge in [-0.25, -0.2) is 0 Å². The molecule has 15 heavy (non-hydrogen) atoms. The Morgan fingerprint density at radius 1 is 1.47 bits per heavy atom. The van der Waals surface area contributed by atoms with Crippen molar-refractivity contribution in [1.29, 1.82) is 0 Å². The van der Waals surface area contributed by atoms with Crippen molar-refractivity contribution in [2.24, 2.45) is 0 Å². The Kier molecular flexibility index (Phi) is 3.77. The lowest BCUT2D eigenvalue weighted by atomic mass is 10.1. The van der Waals surface area contributed by atoms with Crippen LogP contribution in [0.2, 0.25) is 0 Å². The monoisotopic (exact) mass is 212 g/mol. The van der Waals surface area contributed by atoms with Gasteiger partial charge in [0.25, 0.3) is 0 Å². The Hall–Kier alpha value is -0.570. The number of likely N-dealkylation sites (N-methyl/N-ethyl adjacent to an activating group) is 1. The van der Waals surface area contributed by atoms with E-state index in [0.29, 0.717) is 6.04 Å². The molecule has 3 nitrogen and oxygen atoms in total. The Labute approximate surface area is 93.4 Å². The molecule has 1 rings (SSSR count). The van der Waals surface area contributed by atoms with E-state index in [2.05, 4.69) is 32.6 Å². The Bertz CT molecular complexity index is 232. The lowest BCUT2D eigenvalue weighted by Crippen LogP contribution is -2.44. The predicted molar refractivity (Wildman–Crippen MR) is 62.8 cm³/mol. The average molecular weight is 212 g/mol. The van der Waals surface area contributed by atoms with Crippen molar-refractivity contribution in [1.82, 2.24) is 9.80 Å². The van der Waals surface area contributed by atoms with Crippen LogP contribution in [0.4, 0.5) is 0 Å². The topological polar surface area (TPSA) is 23.6 Å². The number of nitrogens with zero attached hydrogens (tertiary/aromatic N) is 2. The van der Waals surface area contributed by atoms with E-state index in [-0.39, 0.29) is 11.4 Å². The maximum absolute atomic E-state index is 11.4. The smallest absolute Gasteiger partial charge is 0.219 e. The summed E-state index contributed by atoms with van der Waals surface area (Å²) in [7, 11) is 0. The third-order valence-corrected chi connectivity index (χ3v) is 3.30. The molecule has 0 aromatic heterocycles. The molecule has 0 aromatic rings. The van der Waals surface area contributed by atoms with Gasteiger partial charge in [-0.15, -0.1) is 0 Å². The highest BCUT2D eigenvalue weighted by atomic mass is 16.2. The fourth-order valence-electron chi connectivity index (χ4n) is 2.34. The zero-order valence-corrected chi connectivity index (χ0v) is 10.7. The summed E-state index contributed by atoms with van der Waals surface area (Å²) in [5.41, 5.74) is 0.227. The van der Waals surface area contributed by atoms with Crippen molar-refractivity contribution >= 4 is 5.91 Å². The van der Waals surface area contributed by atoms with Gasteiger partial charge in [0.1, 0.15) is 0 Å². The zero-order chi connectivity index (χ0) is 11.6. The van der Waals surface area contributed by atoms with Gasteiger partial charge in [0.2, 0.25) is 5.91 Å². The van der Waals surface area contributed by atoms with Crippen LogP contribution in [0.5, 0.6) is 0 Å². The third-order valence-electron chi connectivity index (χ3n) is 3.30. The molecule has 1 heterocycles. The highest BCUT2D eigenvalue weighted by molar-refractivity contribution is 5.73. The van der Waals surface area contributed by atoms with Gasteiger partial charge in [0.15, 0.2) is 0 Å². The van der Waals surface area contributed by atoms with E-state index in [1.165, 1.54) is 0 Å². The van der Waals surface area contributed by atoms with E-state index in [0.717, 1.165) is 26.1 Å². The van der Waals surface area contributed by atoms with E-state index >= 15 is 0 Å². The first-order chi connectivity index (χ1) is 6.86. The molecule has 0 radical (unpaired) electrons. The average Bonchev–Trinajstić information content (AvgIpc) is 2.52. The van der Waals surface area contributed by atoms with E-state index in [4.69, 9.17) is 0 Å². The molecular weight excluding hydrogens is 188 g/mol. The lowest BCUT2D eigenvalue weighted by Gasteiger charge is -2.33. The van der Waals surface area contributed by atoms with Crippen molar-refractivity contribution in [3.8, 4) is 0 Å². The molecule has 1 amide bonds. The number of hydrogen-bond donors (Lipinski definition) is 0. The van der Waals surface area contributed by atoms with Crippen LogP contribution in [0.15, 0.2) is 0 Å². The molecule has 0 aromatic carbocycles. The maximum atomic E-state index is 11.4. The molecule has 0 N–H and O–H groups in total. The molecule has 1 aliphatic rings. The van der Waals surface area contributed by atoms with E-state index < -0.39 is 0 Å². The minimum Gasteiger partial charge on any atom is -0.339 e. The molecule has 1 saturated heterocycles. The quantitative estimate of drug-likeness (QED) is 0.696. The Morgan fingerprint density at radius 3 is 2.40 bits per heavy atom. The van der Waals surface area contributed by atoms with Crippen molar-refractivity contribution in [2.75, 3.05) is 19.6 Å². The van der Waals surface area contributed by atoms with Gasteiger partial charge in [-0.3, -0.25) is 9.69 Å². The number of carbonyl (C=O) groups excluding carboxylic acids is 1. The summed E-state index contributed by atoms with van der Waals surface area (Å²) in [4.78, 5) is 15.9. The summed E-state index contributed by atoms with van der Waals surface area (Å²) >= 11 is 0. The van der Waals surface area contributed by atoms with Gasteiger partial charge in [-0.1, -0.05) is 0 Å². The summed E-state index contributed by atoms with van der Waals surface area (Å²) in [6, 6.07) is 0.423. The molecule has 3 heteroatoms. The van der Waals surface area contributed by atoms with Gasteiger partial charge < -0.3 is 4.90 Å². The van der Waals surface area contributed by atoms with Crippen molar-refractivity contribution in [3.05, 3.63) is 0 Å². The summed E-state index contributed by atoms with van der Waals surface area (Å²) in [5, 5.41) is 0. The first-order valence-electron chi connectivity index (χ1n) is 5.88. The van der Waals surface area contributed by atoms with Gasteiger partial charge in [-0.05, 0) is 34.1 Å². The second-order valence-electron chi connectivity index (χ2n) is 5.36. The lowest BCUT2D eigenvalue weighted by molar-refractivity contribution is -0.130. The molecule has 1 atom stereocenters. The summed E-state index contributed by atoms with van der Waals surface area (Å²) in [5.74, 6) is 0.207. The van der Waals surface area contributed by atoms with Crippen molar-refractivity contribution < 1.29 is 4.79 Å². The molecule has 88 valence electrons. The Balaban J connectivity index is 2.59. The summed E-state index contributed by atoms with van der Waals surface area (Å²) in [6.45, 7) is 13.4. The standard InChI is InChI=1S/C12H24N2O/c1-6-14(10(2)15)11-7-8-13(9-11)12(3,4)5/h11H,6-9H2,1-5H3. The first-order valence-corrected chi connectivity index (χ1v) is 5.88. The zero-order valence-electron chi connectivity index (χ0n) is 10.7. The van der Waals surface area contributed by atoms with Crippen LogP contribution in [0, 0.1) is 0 Å². The molecule has 0 bridgehead atoms. The fourth-order valence-corrected chi connectivity index (χ4v) is 2.34. The van der Waals surface area contributed by atoms with E-state index in [1.807, 2.05) is 4.90 Å². The highest BCUT2D eigenvalue weighted by Gasteiger charge is 2.33. The predicted octanol–water partition coefficient (Wildman–Crippen LogP) is 1.73. The third kappa shape index (κ3) is 2.94. The van der Waals surface area contributed by atoms with Crippen LogP contribution < -0.4 is 0 Å². The first kappa shape index (κ1) is 12.5. The van der Waals surface area contributed by atoms with Gasteiger partial charge in [0, 0.05) is 38.1 Å². The van der Waals surface area contributed by atoms with Crippen LogP contribution in [0.25, 0.3) is 0 Å². The molecule has 1 unspecified atom stereocenters. The number of amides is 1. The number of carbonyl (C=O) groups is 1. The van der Waals surface area contributed by atoms with Crippen LogP contribution in [-0.4, -0.2) is 46.9 Å². The van der Waals surface area contributed by atoms with Gasteiger partial charge in [-0.2, -0.15) is 0 Å². The van der Waals surface area contributed by atoms with Gasteiger partial charge in [0.05, 0.1) is 0 Å². The van der Waals surface area contributed by atoms with Crippen LogP contribution >= 0.6 is 0 Å². The van der Waals surface area contributed by atoms with E-state index in [9.17, 15) is 4.79 Å². The van der Waals surface area contributed by atoms with Gasteiger partial charge >= 0.3 is 0 Å². The second-order valence-corrected chi connectivity index (χ2v) is 5.36. The van der Waals surface area contributed by atoms with E-state index in [1.54, 1.807) is 6.92 Å². The van der Waals surface area contributed by atoms with Crippen molar-refractivity contribution in [3.63, 3.8) is 0 Å². The molecule has 0 spiro atoms. The maximum Gasteiger partial charge on any atom is 0.219 e. The molecule has 1 fully saturated rings. The minimum absolute atomic E-state index is 0.207. The number of hydrogen-bond acceptors (Lipinski definition) is 2. The normalized spacial score (nSPS) is 23.1. The largest absolute Gasteiger partial charge is 0.339 e. The van der Waals surface area contributed by atoms with Crippen LogP contribution in [-0.2, 0) is 4.79 Å². The molecule has 0 saturated carbocycles. The minimum atomic E-state index is 0.207. The number of rotatable bonds is 2. The van der Waals surface area contributed by atoms with Crippen molar-refractivity contribution in [2.45, 2.75) is 52.6 Å². The molecule has 1 aliphatic heterocycles. The summed E-state index contributed by atoms with van der Waals surface area (Å²) < 4.78 is 0. The fraction of sp³-hybridized carbons (Fsp3) is 0.917. The molecular formula is C12H24N2O.